The van der Waals surface area contributed by atoms with Crippen LogP contribution < -0.4 is 4.74 Å². The van der Waals surface area contributed by atoms with E-state index in [1.807, 2.05) is 0 Å². The second-order valence-electron chi connectivity index (χ2n) is 3.96. The van der Waals surface area contributed by atoms with Gasteiger partial charge in [0.15, 0.2) is 0 Å². The first-order chi connectivity index (χ1) is 10.1. The van der Waals surface area contributed by atoms with E-state index in [1.54, 1.807) is 31.2 Å². The Balaban J connectivity index is 2.06. The summed E-state index contributed by atoms with van der Waals surface area (Å²) in [7, 11) is 0. The molecular weight excluding hydrogens is 276 g/mol. The number of nitrogens with zero attached hydrogens (tertiary/aromatic N) is 2. The van der Waals surface area contributed by atoms with Crippen molar-refractivity contribution in [1.82, 2.24) is 4.98 Å². The highest BCUT2D eigenvalue weighted by molar-refractivity contribution is 5.89. The molecule has 0 N–H and O–H groups in total. The monoisotopic (exact) mass is 288 g/mol. The van der Waals surface area contributed by atoms with Crippen molar-refractivity contribution in [2.45, 2.75) is 6.92 Å². The predicted molar refractivity (Wildman–Crippen MR) is 73.4 cm³/mol. The van der Waals surface area contributed by atoms with Gasteiger partial charge in [-0.15, -0.1) is 0 Å². The number of aromatic nitrogens is 1. The SMILES string of the molecule is CCOC(=O)c1ccc(Oc2ccc([N+](=O)[O-])cn2)cc1. The summed E-state index contributed by atoms with van der Waals surface area (Å²) in [5.41, 5.74) is 0.306. The molecule has 0 unspecified atom stereocenters. The molecule has 0 aliphatic carbocycles. The molecule has 2 rings (SSSR count). The summed E-state index contributed by atoms with van der Waals surface area (Å²) in [6.45, 7) is 2.04. The van der Waals surface area contributed by atoms with Crippen molar-refractivity contribution in [1.29, 1.82) is 0 Å². The van der Waals surface area contributed by atoms with Gasteiger partial charge in [0.25, 0.3) is 5.69 Å². The maximum Gasteiger partial charge on any atom is 0.338 e. The topological polar surface area (TPSA) is 91.6 Å². The molecule has 0 bridgehead atoms. The minimum absolute atomic E-state index is 0.111. The zero-order valence-electron chi connectivity index (χ0n) is 11.2. The van der Waals surface area contributed by atoms with Crippen LogP contribution in [0.4, 0.5) is 5.69 Å². The van der Waals surface area contributed by atoms with E-state index < -0.39 is 10.9 Å². The van der Waals surface area contributed by atoms with Gasteiger partial charge < -0.3 is 9.47 Å². The summed E-state index contributed by atoms with van der Waals surface area (Å²) < 4.78 is 10.3. The van der Waals surface area contributed by atoms with Crippen molar-refractivity contribution in [3.05, 3.63) is 58.3 Å². The van der Waals surface area contributed by atoms with Gasteiger partial charge in [0.1, 0.15) is 11.9 Å². The highest BCUT2D eigenvalue weighted by Gasteiger charge is 2.08. The largest absolute Gasteiger partial charge is 0.462 e. The first kappa shape index (κ1) is 14.4. The molecule has 0 amide bonds. The van der Waals surface area contributed by atoms with Crippen LogP contribution in [-0.4, -0.2) is 22.5 Å². The Hall–Kier alpha value is -2.96. The van der Waals surface area contributed by atoms with Crippen LogP contribution in [0, 0.1) is 10.1 Å². The fraction of sp³-hybridized carbons (Fsp3) is 0.143. The Bertz CT molecular complexity index is 637. The van der Waals surface area contributed by atoms with Gasteiger partial charge in [-0.05, 0) is 31.2 Å². The van der Waals surface area contributed by atoms with Crippen molar-refractivity contribution in [3.63, 3.8) is 0 Å². The van der Waals surface area contributed by atoms with Crippen LogP contribution in [0.15, 0.2) is 42.6 Å². The summed E-state index contributed by atoms with van der Waals surface area (Å²) in [5.74, 6) is 0.284. The standard InChI is InChI=1S/C14H12N2O5/c1-2-20-14(17)10-3-6-12(7-4-10)21-13-8-5-11(9-15-13)16(18)19/h3-9H,2H2,1H3. The van der Waals surface area contributed by atoms with Crippen molar-refractivity contribution in [2.24, 2.45) is 0 Å². The molecule has 2 aromatic rings. The summed E-state index contributed by atoms with van der Waals surface area (Å²) in [6, 6.07) is 9.02. The molecule has 1 heterocycles. The van der Waals surface area contributed by atoms with Crippen LogP contribution >= 0.6 is 0 Å². The molecule has 7 nitrogen and oxygen atoms in total. The Kier molecular flexibility index (Phi) is 4.45. The van der Waals surface area contributed by atoms with Crippen LogP contribution in [0.5, 0.6) is 11.6 Å². The third-order valence-corrected chi connectivity index (χ3v) is 2.52. The number of hydrogen-bond acceptors (Lipinski definition) is 6. The van der Waals surface area contributed by atoms with Crippen LogP contribution in [-0.2, 0) is 4.74 Å². The number of carbonyl (C=O) groups excluding carboxylic acids is 1. The average molecular weight is 288 g/mol. The Morgan fingerprint density at radius 2 is 1.95 bits per heavy atom. The molecule has 0 radical (unpaired) electrons. The predicted octanol–water partition coefficient (Wildman–Crippen LogP) is 2.96. The molecule has 0 atom stereocenters. The van der Waals surface area contributed by atoms with Gasteiger partial charge in [0, 0.05) is 12.1 Å². The van der Waals surface area contributed by atoms with Gasteiger partial charge in [0.2, 0.25) is 5.88 Å². The van der Waals surface area contributed by atoms with E-state index in [0.717, 1.165) is 6.20 Å². The third kappa shape index (κ3) is 3.75. The zero-order valence-corrected chi connectivity index (χ0v) is 11.2. The van der Waals surface area contributed by atoms with Gasteiger partial charge in [-0.1, -0.05) is 0 Å². The van der Waals surface area contributed by atoms with Crippen molar-refractivity contribution in [3.8, 4) is 11.6 Å². The van der Waals surface area contributed by atoms with E-state index in [2.05, 4.69) is 4.98 Å². The van der Waals surface area contributed by atoms with E-state index in [9.17, 15) is 14.9 Å². The lowest BCUT2D eigenvalue weighted by atomic mass is 10.2. The van der Waals surface area contributed by atoms with E-state index in [1.165, 1.54) is 12.1 Å². The molecule has 21 heavy (non-hydrogen) atoms. The summed E-state index contributed by atoms with van der Waals surface area (Å²) in [6.07, 6.45) is 1.11. The lowest BCUT2D eigenvalue weighted by Gasteiger charge is -2.05. The smallest absolute Gasteiger partial charge is 0.338 e. The number of ether oxygens (including phenoxy) is 2. The normalized spacial score (nSPS) is 9.95. The number of rotatable bonds is 5. The molecule has 0 aliphatic rings. The molecule has 0 saturated carbocycles. The third-order valence-electron chi connectivity index (χ3n) is 2.52. The second kappa shape index (κ2) is 6.47. The van der Waals surface area contributed by atoms with Crippen LogP contribution in [0.2, 0.25) is 0 Å². The Morgan fingerprint density at radius 3 is 2.48 bits per heavy atom. The number of hydrogen-bond donors (Lipinski definition) is 0. The second-order valence-corrected chi connectivity index (χ2v) is 3.96. The quantitative estimate of drug-likeness (QED) is 0.477. The van der Waals surface area contributed by atoms with E-state index in [0.29, 0.717) is 17.9 Å². The number of esters is 1. The molecule has 7 heteroatoms. The first-order valence-corrected chi connectivity index (χ1v) is 6.15. The fourth-order valence-corrected chi connectivity index (χ4v) is 1.54. The number of pyridine rings is 1. The lowest BCUT2D eigenvalue weighted by molar-refractivity contribution is -0.385. The zero-order chi connectivity index (χ0) is 15.2. The van der Waals surface area contributed by atoms with Crippen molar-refractivity contribution < 1.29 is 19.2 Å². The van der Waals surface area contributed by atoms with Gasteiger partial charge >= 0.3 is 5.97 Å². The number of benzene rings is 1. The highest BCUT2D eigenvalue weighted by Crippen LogP contribution is 2.21. The molecule has 0 spiro atoms. The summed E-state index contributed by atoms with van der Waals surface area (Å²) in [4.78, 5) is 25.3. The number of nitro groups is 1. The molecule has 108 valence electrons. The van der Waals surface area contributed by atoms with Gasteiger partial charge in [-0.25, -0.2) is 9.78 Å². The Morgan fingerprint density at radius 1 is 1.24 bits per heavy atom. The van der Waals surface area contributed by atoms with Crippen LogP contribution in [0.3, 0.4) is 0 Å². The van der Waals surface area contributed by atoms with Crippen LogP contribution in [0.25, 0.3) is 0 Å². The van der Waals surface area contributed by atoms with Gasteiger partial charge in [-0.3, -0.25) is 10.1 Å². The van der Waals surface area contributed by atoms with Crippen molar-refractivity contribution in [2.75, 3.05) is 6.61 Å². The Labute approximate surface area is 120 Å². The number of carbonyl (C=O) groups is 1. The highest BCUT2D eigenvalue weighted by atomic mass is 16.6. The van der Waals surface area contributed by atoms with E-state index >= 15 is 0 Å². The summed E-state index contributed by atoms with van der Waals surface area (Å²) in [5, 5.41) is 10.5. The van der Waals surface area contributed by atoms with E-state index in [4.69, 9.17) is 9.47 Å². The minimum Gasteiger partial charge on any atom is -0.462 e. The molecule has 1 aromatic heterocycles. The molecule has 0 fully saturated rings. The van der Waals surface area contributed by atoms with E-state index in [-0.39, 0.29) is 11.6 Å². The first-order valence-electron chi connectivity index (χ1n) is 6.15. The van der Waals surface area contributed by atoms with Gasteiger partial charge in [0.05, 0.1) is 17.1 Å². The summed E-state index contributed by atoms with van der Waals surface area (Å²) >= 11 is 0. The van der Waals surface area contributed by atoms with Gasteiger partial charge in [-0.2, -0.15) is 0 Å². The lowest BCUT2D eigenvalue weighted by Crippen LogP contribution is -2.04. The maximum atomic E-state index is 11.5. The van der Waals surface area contributed by atoms with Crippen LogP contribution in [0.1, 0.15) is 17.3 Å². The molecule has 0 saturated heterocycles. The fourth-order valence-electron chi connectivity index (χ4n) is 1.54. The maximum absolute atomic E-state index is 11.5. The minimum atomic E-state index is -0.537. The average Bonchev–Trinajstić information content (AvgIpc) is 2.49. The molecular formula is C14H12N2O5. The van der Waals surface area contributed by atoms with Crippen molar-refractivity contribution >= 4 is 11.7 Å². The molecule has 1 aromatic carbocycles. The molecule has 0 aliphatic heterocycles.